The number of amides is 2. The lowest BCUT2D eigenvalue weighted by Crippen LogP contribution is -2.44. The first-order valence-electron chi connectivity index (χ1n) is 6.30. The van der Waals surface area contributed by atoms with Crippen LogP contribution >= 0.6 is 0 Å². The minimum absolute atomic E-state index is 0.0529. The van der Waals surface area contributed by atoms with Crippen molar-refractivity contribution in [3.05, 3.63) is 35.4 Å². The third-order valence-electron chi connectivity index (χ3n) is 3.22. The van der Waals surface area contributed by atoms with Gasteiger partial charge in [0, 0.05) is 13.0 Å². The zero-order valence-corrected chi connectivity index (χ0v) is 11.0. The van der Waals surface area contributed by atoms with Crippen LogP contribution in [0.25, 0.3) is 0 Å². The Morgan fingerprint density at radius 1 is 1.42 bits per heavy atom. The number of aryl methyl sites for hydroxylation is 1. The molecule has 0 aromatic heterocycles. The van der Waals surface area contributed by atoms with Gasteiger partial charge < -0.3 is 15.4 Å². The van der Waals surface area contributed by atoms with Gasteiger partial charge in [-0.1, -0.05) is 29.8 Å². The van der Waals surface area contributed by atoms with Crippen LogP contribution in [0.4, 0.5) is 0 Å². The van der Waals surface area contributed by atoms with Crippen molar-refractivity contribution in [2.45, 2.75) is 19.4 Å². The van der Waals surface area contributed by atoms with E-state index in [2.05, 4.69) is 0 Å². The molecule has 0 bridgehead atoms. The van der Waals surface area contributed by atoms with Crippen molar-refractivity contribution in [2.75, 3.05) is 19.7 Å². The number of rotatable bonds is 4. The fourth-order valence-electron chi connectivity index (χ4n) is 2.06. The fourth-order valence-corrected chi connectivity index (χ4v) is 2.06. The molecule has 1 aromatic rings. The number of carbonyl (C=O) groups is 2. The highest BCUT2D eigenvalue weighted by Gasteiger charge is 2.27. The molecule has 1 fully saturated rings. The molecule has 2 N–H and O–H groups in total. The van der Waals surface area contributed by atoms with E-state index in [1.165, 1.54) is 5.56 Å². The van der Waals surface area contributed by atoms with Crippen molar-refractivity contribution in [1.82, 2.24) is 4.90 Å². The summed E-state index contributed by atoms with van der Waals surface area (Å²) in [5.41, 5.74) is 7.33. The van der Waals surface area contributed by atoms with Gasteiger partial charge in [0.15, 0.2) is 0 Å². The highest BCUT2D eigenvalue weighted by molar-refractivity contribution is 5.79. The van der Waals surface area contributed by atoms with Gasteiger partial charge in [-0.05, 0) is 12.5 Å². The van der Waals surface area contributed by atoms with Gasteiger partial charge in [-0.2, -0.15) is 0 Å². The molecule has 1 unspecified atom stereocenters. The van der Waals surface area contributed by atoms with E-state index in [-0.39, 0.29) is 25.0 Å². The standard InChI is InChI=1S/C14H18N2O3/c1-10-2-4-11(5-3-10)12-8-16(7-6-13(15)17)14(18)9-19-12/h2-5,12H,6-9H2,1H3,(H2,15,17). The van der Waals surface area contributed by atoms with Crippen LogP contribution < -0.4 is 5.73 Å². The summed E-state index contributed by atoms with van der Waals surface area (Å²) in [6.45, 7) is 2.90. The van der Waals surface area contributed by atoms with Gasteiger partial charge >= 0.3 is 0 Å². The van der Waals surface area contributed by atoms with Crippen molar-refractivity contribution < 1.29 is 14.3 Å². The lowest BCUT2D eigenvalue weighted by Gasteiger charge is -2.32. The number of nitrogens with zero attached hydrogens (tertiary/aromatic N) is 1. The third kappa shape index (κ3) is 3.54. The second kappa shape index (κ2) is 5.84. The predicted octanol–water partition coefficient (Wildman–Crippen LogP) is 0.770. The summed E-state index contributed by atoms with van der Waals surface area (Å²) in [6.07, 6.45) is 0.0537. The quantitative estimate of drug-likeness (QED) is 0.871. The average molecular weight is 262 g/mol. The summed E-state index contributed by atoms with van der Waals surface area (Å²) in [5.74, 6) is -0.490. The normalized spacial score (nSPS) is 19.5. The van der Waals surface area contributed by atoms with Gasteiger partial charge in [0.1, 0.15) is 12.7 Å². The van der Waals surface area contributed by atoms with Gasteiger partial charge in [-0.3, -0.25) is 9.59 Å². The van der Waals surface area contributed by atoms with Gasteiger partial charge in [-0.15, -0.1) is 0 Å². The lowest BCUT2D eigenvalue weighted by atomic mass is 10.1. The van der Waals surface area contributed by atoms with Crippen molar-refractivity contribution in [3.63, 3.8) is 0 Å². The SMILES string of the molecule is Cc1ccc(C2CN(CCC(N)=O)C(=O)CO2)cc1. The van der Waals surface area contributed by atoms with E-state index in [0.717, 1.165) is 5.56 Å². The Bertz CT molecular complexity index is 470. The topological polar surface area (TPSA) is 72.6 Å². The van der Waals surface area contributed by atoms with Crippen molar-refractivity contribution in [1.29, 1.82) is 0 Å². The Morgan fingerprint density at radius 2 is 2.11 bits per heavy atom. The van der Waals surface area contributed by atoms with E-state index in [0.29, 0.717) is 13.1 Å². The second-order valence-corrected chi connectivity index (χ2v) is 4.77. The molecule has 1 aromatic carbocycles. The lowest BCUT2D eigenvalue weighted by molar-refractivity contribution is -0.149. The van der Waals surface area contributed by atoms with E-state index < -0.39 is 5.91 Å². The van der Waals surface area contributed by atoms with E-state index in [4.69, 9.17) is 10.5 Å². The molecular weight excluding hydrogens is 244 g/mol. The average Bonchev–Trinajstić information content (AvgIpc) is 2.39. The number of ether oxygens (including phenoxy) is 1. The number of hydrogen-bond donors (Lipinski definition) is 1. The van der Waals surface area contributed by atoms with E-state index in [1.807, 2.05) is 31.2 Å². The third-order valence-corrected chi connectivity index (χ3v) is 3.22. The molecular formula is C14H18N2O3. The van der Waals surface area contributed by atoms with Gasteiger partial charge in [0.2, 0.25) is 11.8 Å². The zero-order chi connectivity index (χ0) is 13.8. The molecule has 2 rings (SSSR count). The van der Waals surface area contributed by atoms with Crippen LogP contribution in [0.1, 0.15) is 23.7 Å². The smallest absolute Gasteiger partial charge is 0.248 e. The zero-order valence-electron chi connectivity index (χ0n) is 11.0. The minimum atomic E-state index is -0.397. The minimum Gasteiger partial charge on any atom is -0.370 e. The number of benzene rings is 1. The second-order valence-electron chi connectivity index (χ2n) is 4.77. The first kappa shape index (κ1) is 13.5. The molecule has 19 heavy (non-hydrogen) atoms. The molecule has 5 heteroatoms. The molecule has 1 saturated heterocycles. The van der Waals surface area contributed by atoms with Crippen molar-refractivity contribution >= 4 is 11.8 Å². The molecule has 102 valence electrons. The number of nitrogens with two attached hydrogens (primary N) is 1. The predicted molar refractivity (Wildman–Crippen MR) is 70.3 cm³/mol. The van der Waals surface area contributed by atoms with E-state index >= 15 is 0 Å². The summed E-state index contributed by atoms with van der Waals surface area (Å²) < 4.78 is 5.55. The highest BCUT2D eigenvalue weighted by atomic mass is 16.5. The summed E-state index contributed by atoms with van der Waals surface area (Å²) in [7, 11) is 0. The van der Waals surface area contributed by atoms with Gasteiger partial charge in [-0.25, -0.2) is 0 Å². The van der Waals surface area contributed by atoms with E-state index in [1.54, 1.807) is 4.90 Å². The Morgan fingerprint density at radius 3 is 2.74 bits per heavy atom. The summed E-state index contributed by atoms with van der Waals surface area (Å²) >= 11 is 0. The first-order valence-corrected chi connectivity index (χ1v) is 6.30. The van der Waals surface area contributed by atoms with E-state index in [9.17, 15) is 9.59 Å². The molecule has 1 heterocycles. The van der Waals surface area contributed by atoms with Gasteiger partial charge in [0.05, 0.1) is 6.54 Å². The molecule has 0 spiro atoms. The monoisotopic (exact) mass is 262 g/mol. The molecule has 1 aliphatic heterocycles. The van der Waals surface area contributed by atoms with Crippen molar-refractivity contribution in [3.8, 4) is 0 Å². The van der Waals surface area contributed by atoms with Crippen LogP contribution in [0.15, 0.2) is 24.3 Å². The molecule has 5 nitrogen and oxygen atoms in total. The summed E-state index contributed by atoms with van der Waals surface area (Å²) in [4.78, 5) is 24.1. The number of hydrogen-bond acceptors (Lipinski definition) is 3. The number of carbonyl (C=O) groups excluding carboxylic acids is 2. The molecule has 0 aliphatic carbocycles. The molecule has 1 atom stereocenters. The highest BCUT2D eigenvalue weighted by Crippen LogP contribution is 2.23. The largest absolute Gasteiger partial charge is 0.370 e. The first-order chi connectivity index (χ1) is 9.06. The maximum absolute atomic E-state index is 11.7. The molecule has 2 amide bonds. The summed E-state index contributed by atoms with van der Waals surface area (Å²) in [5, 5.41) is 0. The molecule has 1 aliphatic rings. The number of morpholine rings is 1. The molecule has 0 saturated carbocycles. The maximum atomic E-state index is 11.7. The fraction of sp³-hybridized carbons (Fsp3) is 0.429. The van der Waals surface area contributed by atoms with Gasteiger partial charge in [0.25, 0.3) is 0 Å². The van der Waals surface area contributed by atoms with Crippen LogP contribution in [0, 0.1) is 6.92 Å². The van der Waals surface area contributed by atoms with Crippen LogP contribution in [-0.4, -0.2) is 36.4 Å². The molecule has 0 radical (unpaired) electrons. The number of primary amides is 1. The van der Waals surface area contributed by atoms with Crippen LogP contribution in [0.5, 0.6) is 0 Å². The summed E-state index contributed by atoms with van der Waals surface area (Å²) in [6, 6.07) is 8.04. The Hall–Kier alpha value is -1.88. The Labute approximate surface area is 112 Å². The van der Waals surface area contributed by atoms with Crippen molar-refractivity contribution in [2.24, 2.45) is 5.73 Å². The van der Waals surface area contributed by atoms with Crippen LogP contribution in [0.2, 0.25) is 0 Å². The Balaban J connectivity index is 2.02. The maximum Gasteiger partial charge on any atom is 0.248 e. The van der Waals surface area contributed by atoms with Crippen LogP contribution in [0.3, 0.4) is 0 Å². The van der Waals surface area contributed by atoms with Crippen LogP contribution in [-0.2, 0) is 14.3 Å². The Kier molecular flexibility index (Phi) is 4.16.